The summed E-state index contributed by atoms with van der Waals surface area (Å²) in [6.07, 6.45) is 5.84. The molecule has 31 heavy (non-hydrogen) atoms. The highest BCUT2D eigenvalue weighted by Gasteiger charge is 2.15. The first-order chi connectivity index (χ1) is 14.8. The fourth-order valence-corrected chi connectivity index (χ4v) is 3.59. The Morgan fingerprint density at radius 3 is 2.55 bits per heavy atom. The molecule has 2 saturated heterocycles. The number of hydrogen-bond acceptors (Lipinski definition) is 5. The van der Waals surface area contributed by atoms with Crippen LogP contribution >= 0.6 is 24.0 Å². The number of ether oxygens (including phenoxy) is 4. The van der Waals surface area contributed by atoms with Gasteiger partial charge in [0.25, 0.3) is 0 Å². The van der Waals surface area contributed by atoms with Gasteiger partial charge in [0, 0.05) is 46.6 Å². The third-order valence-electron chi connectivity index (χ3n) is 5.45. The smallest absolute Gasteiger partial charge is 0.191 e. The Hall–Kier alpha value is -0.940. The van der Waals surface area contributed by atoms with E-state index in [2.05, 4.69) is 39.9 Å². The average Bonchev–Trinajstić information content (AvgIpc) is 3.32. The molecule has 0 spiro atoms. The van der Waals surface area contributed by atoms with Crippen LogP contribution in [0, 0.1) is 0 Å². The second-order valence-corrected chi connectivity index (χ2v) is 7.86. The molecule has 3 rings (SSSR count). The standard InChI is InChI=1S/C23H37N3O4.HI/c1-24-23(25-11-3-12-28-18-22-4-2-13-29-22)26-16-19-5-7-20(8-6-19)17-30-21-9-14-27-15-10-21;/h5-8,21-22H,2-4,9-18H2,1H3,(H2,24,25,26);1H. The van der Waals surface area contributed by atoms with E-state index in [1.165, 1.54) is 11.1 Å². The minimum Gasteiger partial charge on any atom is -0.381 e. The molecule has 2 heterocycles. The number of aliphatic imine (C=N–C) groups is 1. The first-order valence-corrected chi connectivity index (χ1v) is 11.2. The highest BCUT2D eigenvalue weighted by atomic mass is 127. The lowest BCUT2D eigenvalue weighted by molar-refractivity contribution is -0.0390. The Balaban J connectivity index is 0.00000341. The lowest BCUT2D eigenvalue weighted by Gasteiger charge is -2.22. The molecule has 8 heteroatoms. The van der Waals surface area contributed by atoms with Crippen molar-refractivity contribution in [2.24, 2.45) is 4.99 Å². The second kappa shape index (κ2) is 15.8. The van der Waals surface area contributed by atoms with E-state index in [-0.39, 0.29) is 24.0 Å². The molecule has 2 aliphatic heterocycles. The summed E-state index contributed by atoms with van der Waals surface area (Å²) >= 11 is 0. The van der Waals surface area contributed by atoms with Crippen LogP contribution < -0.4 is 10.6 Å². The van der Waals surface area contributed by atoms with Gasteiger partial charge < -0.3 is 29.6 Å². The van der Waals surface area contributed by atoms with Crippen molar-refractivity contribution in [2.75, 3.05) is 46.6 Å². The summed E-state index contributed by atoms with van der Waals surface area (Å²) in [6, 6.07) is 8.56. The van der Waals surface area contributed by atoms with Crippen molar-refractivity contribution in [1.29, 1.82) is 0 Å². The number of guanidine groups is 1. The molecule has 0 aromatic heterocycles. The van der Waals surface area contributed by atoms with Crippen LogP contribution in [0.25, 0.3) is 0 Å². The monoisotopic (exact) mass is 547 g/mol. The number of benzene rings is 1. The van der Waals surface area contributed by atoms with Gasteiger partial charge in [0.15, 0.2) is 5.96 Å². The van der Waals surface area contributed by atoms with Crippen LogP contribution in [0.1, 0.15) is 43.2 Å². The molecule has 0 radical (unpaired) electrons. The predicted molar refractivity (Wildman–Crippen MR) is 133 cm³/mol. The summed E-state index contributed by atoms with van der Waals surface area (Å²) in [4.78, 5) is 4.29. The van der Waals surface area contributed by atoms with Gasteiger partial charge in [0.05, 0.1) is 25.4 Å². The van der Waals surface area contributed by atoms with Crippen LogP contribution in [0.4, 0.5) is 0 Å². The van der Waals surface area contributed by atoms with Gasteiger partial charge in [0.1, 0.15) is 0 Å². The Morgan fingerprint density at radius 2 is 1.84 bits per heavy atom. The molecule has 0 bridgehead atoms. The molecule has 0 amide bonds. The van der Waals surface area contributed by atoms with Crippen LogP contribution in [0.3, 0.4) is 0 Å². The van der Waals surface area contributed by atoms with Crippen molar-refractivity contribution >= 4 is 29.9 Å². The lowest BCUT2D eigenvalue weighted by atomic mass is 10.1. The van der Waals surface area contributed by atoms with Crippen molar-refractivity contribution < 1.29 is 18.9 Å². The van der Waals surface area contributed by atoms with E-state index in [9.17, 15) is 0 Å². The van der Waals surface area contributed by atoms with E-state index in [4.69, 9.17) is 18.9 Å². The second-order valence-electron chi connectivity index (χ2n) is 7.86. The quantitative estimate of drug-likeness (QED) is 0.192. The maximum absolute atomic E-state index is 5.98. The van der Waals surface area contributed by atoms with Gasteiger partial charge in [-0.05, 0) is 43.2 Å². The summed E-state index contributed by atoms with van der Waals surface area (Å²) in [5.74, 6) is 0.807. The lowest BCUT2D eigenvalue weighted by Crippen LogP contribution is -2.37. The molecule has 0 saturated carbocycles. The van der Waals surface area contributed by atoms with E-state index < -0.39 is 0 Å². The zero-order valence-corrected chi connectivity index (χ0v) is 21.0. The van der Waals surface area contributed by atoms with Crippen molar-refractivity contribution in [3.8, 4) is 0 Å². The molecule has 1 atom stereocenters. The molecule has 0 aliphatic carbocycles. The molecule has 2 fully saturated rings. The Kier molecular flexibility index (Phi) is 13.4. The Labute approximate surface area is 203 Å². The van der Waals surface area contributed by atoms with Crippen LogP contribution in [-0.4, -0.2) is 64.8 Å². The molecule has 1 aromatic rings. The molecule has 2 aliphatic rings. The molecular weight excluding hydrogens is 509 g/mol. The summed E-state index contributed by atoms with van der Waals surface area (Å²) in [6.45, 7) is 6.18. The first-order valence-electron chi connectivity index (χ1n) is 11.2. The van der Waals surface area contributed by atoms with Gasteiger partial charge in [-0.15, -0.1) is 24.0 Å². The Morgan fingerprint density at radius 1 is 1.06 bits per heavy atom. The van der Waals surface area contributed by atoms with E-state index in [1.54, 1.807) is 7.05 Å². The van der Waals surface area contributed by atoms with E-state index in [0.717, 1.165) is 77.6 Å². The fourth-order valence-electron chi connectivity index (χ4n) is 3.59. The first kappa shape index (κ1) is 26.3. The van der Waals surface area contributed by atoms with Crippen molar-refractivity contribution in [3.63, 3.8) is 0 Å². The van der Waals surface area contributed by atoms with Crippen molar-refractivity contribution in [3.05, 3.63) is 35.4 Å². The minimum atomic E-state index is 0. The highest BCUT2D eigenvalue weighted by molar-refractivity contribution is 14.0. The van der Waals surface area contributed by atoms with Crippen LogP contribution in [0.5, 0.6) is 0 Å². The minimum absolute atomic E-state index is 0. The number of hydrogen-bond donors (Lipinski definition) is 2. The van der Waals surface area contributed by atoms with Crippen LogP contribution in [0.15, 0.2) is 29.3 Å². The highest BCUT2D eigenvalue weighted by Crippen LogP contribution is 2.14. The SMILES string of the molecule is CN=C(NCCCOCC1CCCO1)NCc1ccc(COC2CCOCC2)cc1.I. The molecule has 2 N–H and O–H groups in total. The normalized spacial score (nSPS) is 19.8. The number of halogens is 1. The van der Waals surface area contributed by atoms with Gasteiger partial charge in [-0.2, -0.15) is 0 Å². The van der Waals surface area contributed by atoms with Crippen molar-refractivity contribution in [2.45, 2.75) is 57.5 Å². The number of nitrogens with one attached hydrogen (secondary N) is 2. The van der Waals surface area contributed by atoms with Gasteiger partial charge in [0.2, 0.25) is 0 Å². The third-order valence-corrected chi connectivity index (χ3v) is 5.45. The fraction of sp³-hybridized carbons (Fsp3) is 0.696. The Bertz CT molecular complexity index is 618. The average molecular weight is 547 g/mol. The zero-order valence-electron chi connectivity index (χ0n) is 18.6. The predicted octanol–water partition coefficient (Wildman–Crippen LogP) is 3.25. The third kappa shape index (κ3) is 10.5. The van der Waals surface area contributed by atoms with Gasteiger partial charge in [-0.1, -0.05) is 24.3 Å². The maximum atomic E-state index is 5.98. The number of rotatable bonds is 11. The van der Waals surface area contributed by atoms with Gasteiger partial charge in [-0.25, -0.2) is 0 Å². The molecule has 176 valence electrons. The van der Waals surface area contributed by atoms with Crippen LogP contribution in [-0.2, 0) is 32.1 Å². The van der Waals surface area contributed by atoms with Gasteiger partial charge >= 0.3 is 0 Å². The van der Waals surface area contributed by atoms with Crippen LogP contribution in [0.2, 0.25) is 0 Å². The van der Waals surface area contributed by atoms with E-state index >= 15 is 0 Å². The number of nitrogens with zero attached hydrogens (tertiary/aromatic N) is 1. The molecular formula is C23H38IN3O4. The summed E-state index contributed by atoms with van der Waals surface area (Å²) in [5, 5.41) is 6.69. The topological polar surface area (TPSA) is 73.3 Å². The van der Waals surface area contributed by atoms with E-state index in [1.807, 2.05) is 0 Å². The summed E-state index contributed by atoms with van der Waals surface area (Å²) in [5.41, 5.74) is 2.42. The summed E-state index contributed by atoms with van der Waals surface area (Å²) in [7, 11) is 1.79. The van der Waals surface area contributed by atoms with Crippen molar-refractivity contribution in [1.82, 2.24) is 10.6 Å². The largest absolute Gasteiger partial charge is 0.381 e. The van der Waals surface area contributed by atoms with Gasteiger partial charge in [-0.3, -0.25) is 4.99 Å². The van der Waals surface area contributed by atoms with E-state index in [0.29, 0.717) is 25.4 Å². The molecule has 1 unspecified atom stereocenters. The zero-order chi connectivity index (χ0) is 20.9. The molecule has 1 aromatic carbocycles. The summed E-state index contributed by atoms with van der Waals surface area (Å²) < 4.78 is 22.6. The maximum Gasteiger partial charge on any atom is 0.191 e. The molecule has 7 nitrogen and oxygen atoms in total.